The molecule has 2 heterocycles. The molecular formula is C23H26B3NO5. The average molecular weight is 429 g/mol. The highest BCUT2D eigenvalue weighted by atomic mass is 16.7. The van der Waals surface area contributed by atoms with Crippen molar-refractivity contribution >= 4 is 37.3 Å². The van der Waals surface area contributed by atoms with Gasteiger partial charge in [-0.15, -0.1) is 0 Å². The first-order valence-electron chi connectivity index (χ1n) is 10.8. The van der Waals surface area contributed by atoms with Crippen LogP contribution in [0.15, 0.2) is 72.8 Å². The smallest absolute Gasteiger partial charge is 0.478 e. The summed E-state index contributed by atoms with van der Waals surface area (Å²) in [5, 5.41) is 0. The van der Waals surface area contributed by atoms with Crippen LogP contribution in [0.4, 0.5) is 0 Å². The number of methoxy groups -OCH3 is 2. The van der Waals surface area contributed by atoms with E-state index in [1.54, 1.807) is 14.2 Å². The van der Waals surface area contributed by atoms with E-state index in [1.165, 1.54) is 5.56 Å². The fourth-order valence-electron chi connectivity index (χ4n) is 4.83. The fourth-order valence-corrected chi connectivity index (χ4v) is 4.83. The van der Waals surface area contributed by atoms with Crippen LogP contribution in [0.5, 0.6) is 11.5 Å². The molecule has 0 aliphatic carbocycles. The Kier molecular flexibility index (Phi) is 5.30. The molecule has 1 saturated heterocycles. The Labute approximate surface area is 189 Å². The fraction of sp³-hybridized carbons (Fsp3) is 0.217. The highest BCUT2D eigenvalue weighted by Gasteiger charge is 2.59. The Morgan fingerprint density at radius 1 is 0.750 bits per heavy atom. The SMILES string of the molecule is COc1ccc(B2OB(c3ccc(OC)cc3)O[B-]3(O2)c2ccccc2C[N+]3(C)C)cc1. The molecule has 32 heavy (non-hydrogen) atoms. The molecule has 0 saturated carbocycles. The van der Waals surface area contributed by atoms with Gasteiger partial charge in [0.25, 0.3) is 0 Å². The number of nitrogens with zero attached hydrogens (tertiary/aromatic N) is 1. The number of ether oxygens (including phenoxy) is 2. The number of hydrogen-bond donors (Lipinski definition) is 0. The predicted molar refractivity (Wildman–Crippen MR) is 128 cm³/mol. The molecule has 5 rings (SSSR count). The second kappa shape index (κ2) is 8.01. The maximum atomic E-state index is 6.76. The Bertz CT molecular complexity index is 1050. The molecule has 1 fully saturated rings. The average Bonchev–Trinajstić information content (AvgIpc) is 3.04. The van der Waals surface area contributed by atoms with Crippen molar-refractivity contribution < 1.29 is 27.6 Å². The summed E-state index contributed by atoms with van der Waals surface area (Å²) in [6, 6.07) is 24.0. The van der Waals surface area contributed by atoms with Crippen LogP contribution in [-0.4, -0.2) is 53.6 Å². The molecule has 2 aliphatic heterocycles. The first-order valence-corrected chi connectivity index (χ1v) is 10.8. The summed E-state index contributed by atoms with van der Waals surface area (Å²) < 4.78 is 31.1. The third-order valence-corrected chi connectivity index (χ3v) is 6.59. The minimum Gasteiger partial charge on any atom is -0.551 e. The third kappa shape index (κ3) is 3.42. The van der Waals surface area contributed by atoms with Gasteiger partial charge >= 0.3 is 20.9 Å². The zero-order valence-corrected chi connectivity index (χ0v) is 18.9. The van der Waals surface area contributed by atoms with Crippen LogP contribution in [0, 0.1) is 0 Å². The van der Waals surface area contributed by atoms with Gasteiger partial charge in [0.15, 0.2) is 0 Å². The number of rotatable bonds is 4. The third-order valence-electron chi connectivity index (χ3n) is 6.59. The Balaban J connectivity index is 1.60. The maximum absolute atomic E-state index is 6.76. The Morgan fingerprint density at radius 2 is 1.25 bits per heavy atom. The van der Waals surface area contributed by atoms with E-state index in [0.29, 0.717) is 4.39 Å². The summed E-state index contributed by atoms with van der Waals surface area (Å²) in [4.78, 5) is 0. The van der Waals surface area contributed by atoms with Crippen molar-refractivity contribution in [2.45, 2.75) is 6.54 Å². The number of quaternary nitrogens is 1. The van der Waals surface area contributed by atoms with Gasteiger partial charge in [-0.1, -0.05) is 54.0 Å². The molecule has 0 unspecified atom stereocenters. The summed E-state index contributed by atoms with van der Waals surface area (Å²) in [7, 11) is 6.44. The molecule has 0 N–H and O–H groups in total. The molecule has 9 heteroatoms. The van der Waals surface area contributed by atoms with E-state index in [1.807, 2.05) is 54.6 Å². The van der Waals surface area contributed by atoms with E-state index in [0.717, 1.165) is 34.4 Å². The molecule has 3 aromatic carbocycles. The van der Waals surface area contributed by atoms with Gasteiger partial charge in [-0.3, -0.25) is 0 Å². The van der Waals surface area contributed by atoms with Crippen LogP contribution in [0.2, 0.25) is 0 Å². The van der Waals surface area contributed by atoms with Crippen LogP contribution in [0.1, 0.15) is 5.56 Å². The van der Waals surface area contributed by atoms with Gasteiger partial charge < -0.3 is 27.6 Å². The standard InChI is InChI=1S/C23H26B3NO5/c1-27(2)17-18-7-5-6-8-23(18)26(27)31-24(19-9-13-21(28-3)14-10-19)30-25(32-26)20-11-15-22(29-4)16-12-20/h5-16H,17H2,1-4H3. The predicted octanol–water partition coefficient (Wildman–Crippen LogP) is 1.29. The summed E-state index contributed by atoms with van der Waals surface area (Å²) in [6.07, 6.45) is 0. The lowest BCUT2D eigenvalue weighted by molar-refractivity contribution is -0.814. The van der Waals surface area contributed by atoms with Gasteiger partial charge in [0.2, 0.25) is 0 Å². The lowest BCUT2D eigenvalue weighted by atomic mass is 9.53. The summed E-state index contributed by atoms with van der Waals surface area (Å²) >= 11 is 0. The Morgan fingerprint density at radius 3 is 1.75 bits per heavy atom. The first kappa shape index (κ1) is 21.2. The van der Waals surface area contributed by atoms with Crippen LogP contribution >= 0.6 is 0 Å². The quantitative estimate of drug-likeness (QED) is 0.586. The molecule has 0 atom stereocenters. The highest BCUT2D eigenvalue weighted by Crippen LogP contribution is 2.34. The van der Waals surface area contributed by atoms with Gasteiger partial charge in [0.1, 0.15) is 11.5 Å². The van der Waals surface area contributed by atoms with Gasteiger partial charge in [-0.2, -0.15) is 0 Å². The molecular weight excluding hydrogens is 403 g/mol. The van der Waals surface area contributed by atoms with Gasteiger partial charge in [-0.25, -0.2) is 0 Å². The normalized spacial score (nSPS) is 18.5. The lowest BCUT2D eigenvalue weighted by Gasteiger charge is -2.55. The Hall–Kier alpha value is -2.71. The molecule has 6 nitrogen and oxygen atoms in total. The number of benzene rings is 3. The first-order chi connectivity index (χ1) is 15.5. The largest absolute Gasteiger partial charge is 0.551 e. The molecule has 0 radical (unpaired) electrons. The van der Waals surface area contributed by atoms with Crippen molar-refractivity contribution in [1.82, 2.24) is 0 Å². The number of fused-ring (bicyclic) bond motifs is 2. The van der Waals surface area contributed by atoms with E-state index in [2.05, 4.69) is 32.3 Å². The lowest BCUT2D eigenvalue weighted by Crippen LogP contribution is -2.78. The van der Waals surface area contributed by atoms with Gasteiger partial charge in [0, 0.05) is 14.1 Å². The molecule has 3 aromatic rings. The monoisotopic (exact) mass is 429 g/mol. The van der Waals surface area contributed by atoms with E-state index in [-0.39, 0.29) is 0 Å². The van der Waals surface area contributed by atoms with Crippen molar-refractivity contribution in [3.63, 3.8) is 0 Å². The molecule has 162 valence electrons. The molecule has 0 aromatic heterocycles. The topological polar surface area (TPSA) is 46.2 Å². The van der Waals surface area contributed by atoms with E-state index < -0.39 is 20.9 Å². The second-order valence-corrected chi connectivity index (χ2v) is 8.93. The molecule has 2 aliphatic rings. The summed E-state index contributed by atoms with van der Waals surface area (Å²) in [6.45, 7) is -1.06. The zero-order valence-electron chi connectivity index (χ0n) is 18.9. The van der Waals surface area contributed by atoms with Crippen molar-refractivity contribution in [3.05, 3.63) is 78.4 Å². The minimum atomic E-state index is -1.88. The van der Waals surface area contributed by atoms with E-state index in [9.17, 15) is 0 Å². The van der Waals surface area contributed by atoms with Gasteiger partial charge in [-0.05, 0) is 40.8 Å². The van der Waals surface area contributed by atoms with Crippen LogP contribution in [0.25, 0.3) is 0 Å². The van der Waals surface area contributed by atoms with Crippen molar-refractivity contribution in [3.8, 4) is 11.5 Å². The van der Waals surface area contributed by atoms with Crippen molar-refractivity contribution in [2.24, 2.45) is 0 Å². The molecule has 0 amide bonds. The van der Waals surface area contributed by atoms with Gasteiger partial charge in [0.05, 0.1) is 20.8 Å². The van der Waals surface area contributed by atoms with E-state index in [4.69, 9.17) is 23.2 Å². The summed E-state index contributed by atoms with van der Waals surface area (Å²) in [5.74, 6) is 1.57. The highest BCUT2D eigenvalue weighted by molar-refractivity contribution is 6.93. The molecule has 0 bridgehead atoms. The van der Waals surface area contributed by atoms with Crippen molar-refractivity contribution in [2.75, 3.05) is 28.3 Å². The summed E-state index contributed by atoms with van der Waals surface area (Å²) in [5.41, 5.74) is 4.16. The van der Waals surface area contributed by atoms with E-state index >= 15 is 0 Å². The van der Waals surface area contributed by atoms with Crippen LogP contribution < -0.4 is 25.9 Å². The number of hydrogen-bond acceptors (Lipinski definition) is 5. The zero-order chi connectivity index (χ0) is 22.3. The van der Waals surface area contributed by atoms with Crippen molar-refractivity contribution in [1.29, 1.82) is 0 Å². The maximum Gasteiger partial charge on any atom is 0.478 e. The van der Waals surface area contributed by atoms with Crippen LogP contribution in [-0.2, 0) is 20.3 Å². The van der Waals surface area contributed by atoms with Crippen LogP contribution in [0.3, 0.4) is 0 Å². The minimum absolute atomic E-state index is 0.558. The second-order valence-electron chi connectivity index (χ2n) is 8.93. The molecule has 1 spiro atoms.